The van der Waals surface area contributed by atoms with Crippen molar-refractivity contribution < 1.29 is 33.6 Å². The molecular formula is C27H30N4O8S3. The van der Waals surface area contributed by atoms with Crippen molar-refractivity contribution in [3.63, 3.8) is 0 Å². The predicted octanol–water partition coefficient (Wildman–Crippen LogP) is 4.48. The average molecular weight is 635 g/mol. The predicted molar refractivity (Wildman–Crippen MR) is 161 cm³/mol. The molecule has 1 aliphatic rings. The van der Waals surface area contributed by atoms with Crippen molar-refractivity contribution in [2.75, 3.05) is 30.0 Å². The summed E-state index contributed by atoms with van der Waals surface area (Å²) in [5, 5.41) is 14.5. The number of ether oxygens (including phenoxy) is 2. The van der Waals surface area contributed by atoms with E-state index in [1.54, 1.807) is 13.8 Å². The highest BCUT2D eigenvalue weighted by atomic mass is 32.2. The minimum absolute atomic E-state index is 0.0481. The van der Waals surface area contributed by atoms with Crippen LogP contribution in [-0.4, -0.2) is 58.0 Å². The summed E-state index contributed by atoms with van der Waals surface area (Å²) in [6.45, 7) is 3.59. The molecule has 1 N–H and O–H groups in total. The second-order valence-corrected chi connectivity index (χ2v) is 12.3. The van der Waals surface area contributed by atoms with E-state index >= 15 is 0 Å². The second kappa shape index (κ2) is 14.6. The Morgan fingerprint density at radius 3 is 2.57 bits per heavy atom. The third-order valence-corrected chi connectivity index (χ3v) is 9.47. The van der Waals surface area contributed by atoms with Crippen molar-refractivity contribution in [3.8, 4) is 0 Å². The Hall–Kier alpha value is -3.56. The molecule has 2 amide bonds. The number of aromatic nitrogens is 1. The molecule has 0 bridgehead atoms. The van der Waals surface area contributed by atoms with Gasteiger partial charge in [0.15, 0.2) is 4.80 Å². The fourth-order valence-corrected chi connectivity index (χ4v) is 7.50. The van der Waals surface area contributed by atoms with Gasteiger partial charge in [0.25, 0.3) is 11.6 Å². The highest BCUT2D eigenvalue weighted by Gasteiger charge is 2.26. The lowest BCUT2D eigenvalue weighted by molar-refractivity contribution is -0.384. The maximum Gasteiger partial charge on any atom is 0.341 e. The largest absolute Gasteiger partial charge is 0.465 e. The number of nitrogens with zero attached hydrogens (tertiary/aromatic N) is 3. The van der Waals surface area contributed by atoms with Gasteiger partial charge in [0, 0.05) is 17.0 Å². The highest BCUT2D eigenvalue weighted by molar-refractivity contribution is 8.00. The van der Waals surface area contributed by atoms with Gasteiger partial charge in [-0.15, -0.1) is 23.1 Å². The number of nitro benzene ring substituents is 1. The Bertz CT molecular complexity index is 1590. The number of benzene rings is 1. The monoisotopic (exact) mass is 634 g/mol. The highest BCUT2D eigenvalue weighted by Crippen LogP contribution is 2.38. The van der Waals surface area contributed by atoms with Crippen LogP contribution in [-0.2, 0) is 43.2 Å². The summed E-state index contributed by atoms with van der Waals surface area (Å²) in [5.74, 6) is -2.05. The van der Waals surface area contributed by atoms with Crippen molar-refractivity contribution in [1.29, 1.82) is 0 Å². The lowest BCUT2D eigenvalue weighted by Gasteiger charge is -2.08. The van der Waals surface area contributed by atoms with E-state index < -0.39 is 22.8 Å². The van der Waals surface area contributed by atoms with Gasteiger partial charge >= 0.3 is 11.9 Å². The maximum absolute atomic E-state index is 12.8. The van der Waals surface area contributed by atoms with Crippen molar-refractivity contribution in [2.45, 2.75) is 52.5 Å². The Kier molecular flexibility index (Phi) is 10.9. The molecule has 0 saturated carbocycles. The van der Waals surface area contributed by atoms with Crippen LogP contribution >= 0.6 is 34.4 Å². The van der Waals surface area contributed by atoms with Gasteiger partial charge in [-0.1, -0.05) is 17.8 Å². The number of non-ortho nitro benzene ring substituents is 1. The number of amides is 2. The van der Waals surface area contributed by atoms with Crippen molar-refractivity contribution in [3.05, 3.63) is 49.1 Å². The van der Waals surface area contributed by atoms with E-state index in [1.165, 1.54) is 34.1 Å². The number of thiazole rings is 1. The summed E-state index contributed by atoms with van der Waals surface area (Å²) in [6, 6.07) is 4.18. The van der Waals surface area contributed by atoms with Gasteiger partial charge in [-0.2, -0.15) is 4.99 Å². The molecule has 0 spiro atoms. The van der Waals surface area contributed by atoms with Gasteiger partial charge in [0.2, 0.25) is 5.91 Å². The third-order valence-electron chi connectivity index (χ3n) is 6.30. The molecule has 0 radical (unpaired) electrons. The number of thiophene rings is 1. The molecule has 0 saturated heterocycles. The quantitative estimate of drug-likeness (QED) is 0.139. The van der Waals surface area contributed by atoms with Gasteiger partial charge in [0.05, 0.1) is 45.4 Å². The molecule has 1 aromatic carbocycles. The molecule has 0 unspecified atom stereocenters. The van der Waals surface area contributed by atoms with E-state index in [-0.39, 0.29) is 47.7 Å². The zero-order valence-corrected chi connectivity index (χ0v) is 25.6. The van der Waals surface area contributed by atoms with Crippen LogP contribution in [0, 0.1) is 10.1 Å². The molecule has 0 aliphatic heterocycles. The van der Waals surface area contributed by atoms with Gasteiger partial charge < -0.3 is 19.4 Å². The number of esters is 2. The fourth-order valence-electron chi connectivity index (χ4n) is 4.53. The molecule has 2 aromatic heterocycles. The van der Waals surface area contributed by atoms with Crippen LogP contribution in [0.25, 0.3) is 10.2 Å². The number of aryl methyl sites for hydroxylation is 1. The second-order valence-electron chi connectivity index (χ2n) is 9.22. The molecule has 0 atom stereocenters. The number of carbonyl (C=O) groups is 4. The smallest absolute Gasteiger partial charge is 0.341 e. The number of nitro groups is 1. The summed E-state index contributed by atoms with van der Waals surface area (Å²) < 4.78 is 12.3. The average Bonchev–Trinajstić information content (AvgIpc) is 3.35. The first-order valence-corrected chi connectivity index (χ1v) is 16.2. The summed E-state index contributed by atoms with van der Waals surface area (Å²) in [5.41, 5.74) is 1.76. The summed E-state index contributed by atoms with van der Waals surface area (Å²) in [4.78, 5) is 66.5. The molecule has 224 valence electrons. The first kappa shape index (κ1) is 31.4. The molecule has 12 nitrogen and oxygen atoms in total. The molecular weight excluding hydrogens is 605 g/mol. The molecule has 1 aliphatic carbocycles. The summed E-state index contributed by atoms with van der Waals surface area (Å²) >= 11 is 3.50. The first-order valence-electron chi connectivity index (χ1n) is 13.4. The number of carbonyl (C=O) groups excluding carboxylic acids is 4. The molecule has 0 fully saturated rings. The molecule has 2 heterocycles. The number of thioether (sulfide) groups is 1. The van der Waals surface area contributed by atoms with Crippen LogP contribution in [0.15, 0.2) is 23.2 Å². The Morgan fingerprint density at radius 1 is 1.07 bits per heavy atom. The van der Waals surface area contributed by atoms with E-state index in [2.05, 4.69) is 10.3 Å². The fraction of sp³-hybridized carbons (Fsp3) is 0.444. The first-order chi connectivity index (χ1) is 20.2. The third kappa shape index (κ3) is 7.63. The topological polar surface area (TPSA) is 159 Å². The van der Waals surface area contributed by atoms with Crippen LogP contribution in [0.5, 0.6) is 0 Å². The van der Waals surface area contributed by atoms with Crippen LogP contribution in [0.3, 0.4) is 0 Å². The number of hydrogen-bond donors (Lipinski definition) is 1. The lowest BCUT2D eigenvalue weighted by atomic mass is 10.1. The SMILES string of the molecule is CCOC(=O)Cn1c(=NC(=O)CSCC(=O)Nc2sc3c(c2C(=O)OCC)CCCCC3)sc2cc([N+](=O)[O-])ccc21. The van der Waals surface area contributed by atoms with Crippen LogP contribution < -0.4 is 10.1 Å². The number of anilines is 1. The maximum atomic E-state index is 12.8. The Morgan fingerprint density at radius 2 is 1.83 bits per heavy atom. The standard InChI is InChI=1S/C27H30N4O8S3/c1-3-38-23(34)13-30-18-11-10-16(31(36)37)12-20(18)42-27(30)29-22(33)15-40-14-21(32)28-25-24(26(35)39-4-2)17-8-6-5-7-9-19(17)41-25/h10-12H,3-9,13-15H2,1-2H3,(H,28,32). The zero-order chi connectivity index (χ0) is 30.2. The van der Waals surface area contributed by atoms with Crippen molar-refractivity contribution >= 4 is 79.1 Å². The van der Waals surface area contributed by atoms with Gasteiger partial charge in [-0.25, -0.2) is 4.79 Å². The number of fused-ring (bicyclic) bond motifs is 2. The Balaban J connectivity index is 1.46. The molecule has 3 aromatic rings. The van der Waals surface area contributed by atoms with E-state index in [0.29, 0.717) is 20.8 Å². The number of hydrogen-bond acceptors (Lipinski definition) is 11. The normalized spacial score (nSPS) is 13.3. The molecule has 4 rings (SSSR count). The summed E-state index contributed by atoms with van der Waals surface area (Å²) in [7, 11) is 0. The van der Waals surface area contributed by atoms with Gasteiger partial charge in [-0.3, -0.25) is 24.5 Å². The summed E-state index contributed by atoms with van der Waals surface area (Å²) in [6.07, 6.45) is 4.71. The van der Waals surface area contributed by atoms with Crippen LogP contribution in [0.2, 0.25) is 0 Å². The minimum atomic E-state index is -0.540. The van der Waals surface area contributed by atoms with E-state index in [0.717, 1.165) is 65.6 Å². The van der Waals surface area contributed by atoms with E-state index in [4.69, 9.17) is 9.47 Å². The Labute approximate surface area is 253 Å². The lowest BCUT2D eigenvalue weighted by Crippen LogP contribution is -2.23. The molecule has 15 heteroatoms. The zero-order valence-electron chi connectivity index (χ0n) is 23.1. The van der Waals surface area contributed by atoms with Gasteiger partial charge in [-0.05, 0) is 51.2 Å². The molecule has 42 heavy (non-hydrogen) atoms. The van der Waals surface area contributed by atoms with Crippen molar-refractivity contribution in [2.24, 2.45) is 4.99 Å². The minimum Gasteiger partial charge on any atom is -0.465 e. The van der Waals surface area contributed by atoms with Crippen molar-refractivity contribution in [1.82, 2.24) is 4.57 Å². The van der Waals surface area contributed by atoms with Crippen LogP contribution in [0.4, 0.5) is 10.7 Å². The number of nitrogens with one attached hydrogen (secondary N) is 1. The van der Waals surface area contributed by atoms with E-state index in [1.807, 2.05) is 0 Å². The van der Waals surface area contributed by atoms with Gasteiger partial charge in [0.1, 0.15) is 11.5 Å². The number of rotatable bonds is 11. The van der Waals surface area contributed by atoms with E-state index in [9.17, 15) is 29.3 Å². The van der Waals surface area contributed by atoms with Crippen LogP contribution in [0.1, 0.15) is 53.9 Å².